The third-order valence-electron chi connectivity index (χ3n) is 3.58. The predicted molar refractivity (Wildman–Crippen MR) is 91.2 cm³/mol. The normalized spacial score (nSPS) is 11.8. The minimum Gasteiger partial charge on any atom is -0.493 e. The highest BCUT2D eigenvalue weighted by Gasteiger charge is 2.23. The summed E-state index contributed by atoms with van der Waals surface area (Å²) in [5, 5.41) is 9.26. The molecule has 134 valence electrons. The quantitative estimate of drug-likeness (QED) is 0.664. The maximum Gasteiger partial charge on any atom is 0.272 e. The SMILES string of the molecule is COc1ccccc1OCc1cc(C(=O)N[C@H](C(N)=O)C(C)C)n[nH]1. The predicted octanol–water partition coefficient (Wildman–Crippen LogP) is 1.24. The molecule has 1 heterocycles. The molecule has 0 aliphatic heterocycles. The fourth-order valence-corrected chi connectivity index (χ4v) is 2.23. The number of nitrogens with zero attached hydrogens (tertiary/aromatic N) is 1. The van der Waals surface area contributed by atoms with Crippen molar-refractivity contribution < 1.29 is 19.1 Å². The number of methoxy groups -OCH3 is 1. The van der Waals surface area contributed by atoms with Crippen molar-refractivity contribution in [3.8, 4) is 11.5 Å². The molecule has 2 aromatic rings. The van der Waals surface area contributed by atoms with Gasteiger partial charge in [0.15, 0.2) is 11.5 Å². The Labute approximate surface area is 145 Å². The van der Waals surface area contributed by atoms with Crippen LogP contribution in [0.2, 0.25) is 0 Å². The van der Waals surface area contributed by atoms with E-state index in [4.69, 9.17) is 15.2 Å². The van der Waals surface area contributed by atoms with Crippen LogP contribution in [0.1, 0.15) is 30.0 Å². The summed E-state index contributed by atoms with van der Waals surface area (Å²) in [5.41, 5.74) is 6.06. The maximum absolute atomic E-state index is 12.2. The van der Waals surface area contributed by atoms with Gasteiger partial charge in [-0.3, -0.25) is 14.7 Å². The molecule has 8 nitrogen and oxygen atoms in total. The van der Waals surface area contributed by atoms with Gasteiger partial charge in [0, 0.05) is 0 Å². The number of ether oxygens (including phenoxy) is 2. The highest BCUT2D eigenvalue weighted by Crippen LogP contribution is 2.26. The van der Waals surface area contributed by atoms with E-state index in [0.717, 1.165) is 0 Å². The van der Waals surface area contributed by atoms with Crippen molar-refractivity contribution in [2.24, 2.45) is 11.7 Å². The fourth-order valence-electron chi connectivity index (χ4n) is 2.23. The van der Waals surface area contributed by atoms with E-state index >= 15 is 0 Å². The first-order chi connectivity index (χ1) is 11.9. The van der Waals surface area contributed by atoms with Crippen LogP contribution in [0.15, 0.2) is 30.3 Å². The number of hydrogen-bond donors (Lipinski definition) is 3. The maximum atomic E-state index is 12.2. The van der Waals surface area contributed by atoms with E-state index in [2.05, 4.69) is 15.5 Å². The smallest absolute Gasteiger partial charge is 0.272 e. The number of aromatic amines is 1. The molecule has 0 aliphatic rings. The van der Waals surface area contributed by atoms with Crippen LogP contribution in [0.4, 0.5) is 0 Å². The number of para-hydroxylation sites is 2. The molecule has 0 fully saturated rings. The summed E-state index contributed by atoms with van der Waals surface area (Å²) in [6.45, 7) is 3.78. The summed E-state index contributed by atoms with van der Waals surface area (Å²) >= 11 is 0. The Morgan fingerprint density at radius 2 is 1.96 bits per heavy atom. The van der Waals surface area contributed by atoms with Gasteiger partial charge >= 0.3 is 0 Å². The number of amides is 2. The van der Waals surface area contributed by atoms with Crippen molar-refractivity contribution in [1.29, 1.82) is 0 Å². The van der Waals surface area contributed by atoms with Crippen molar-refractivity contribution in [3.63, 3.8) is 0 Å². The molecule has 0 radical (unpaired) electrons. The average Bonchev–Trinajstić information content (AvgIpc) is 3.06. The molecule has 1 atom stereocenters. The molecule has 1 aromatic heterocycles. The number of hydrogen-bond acceptors (Lipinski definition) is 5. The van der Waals surface area contributed by atoms with E-state index in [1.165, 1.54) is 0 Å². The number of carbonyl (C=O) groups excluding carboxylic acids is 2. The first-order valence-electron chi connectivity index (χ1n) is 7.82. The van der Waals surface area contributed by atoms with Crippen LogP contribution >= 0.6 is 0 Å². The Kier molecular flexibility index (Phi) is 5.99. The first-order valence-corrected chi connectivity index (χ1v) is 7.82. The number of aromatic nitrogens is 2. The highest BCUT2D eigenvalue weighted by molar-refractivity contribution is 5.95. The monoisotopic (exact) mass is 346 g/mol. The lowest BCUT2D eigenvalue weighted by molar-refractivity contribution is -0.120. The summed E-state index contributed by atoms with van der Waals surface area (Å²) in [6, 6.07) is 8.05. The molecule has 0 saturated heterocycles. The van der Waals surface area contributed by atoms with Crippen molar-refractivity contribution in [2.75, 3.05) is 7.11 Å². The summed E-state index contributed by atoms with van der Waals surface area (Å²) in [7, 11) is 1.56. The van der Waals surface area contributed by atoms with E-state index in [9.17, 15) is 9.59 Å². The van der Waals surface area contributed by atoms with Gasteiger partial charge in [0.05, 0.1) is 12.8 Å². The molecular weight excluding hydrogens is 324 g/mol. The summed E-state index contributed by atoms with van der Waals surface area (Å²) in [4.78, 5) is 23.6. The average molecular weight is 346 g/mol. The zero-order chi connectivity index (χ0) is 18.4. The second-order valence-electron chi connectivity index (χ2n) is 5.82. The third-order valence-corrected chi connectivity index (χ3v) is 3.58. The number of benzene rings is 1. The molecule has 4 N–H and O–H groups in total. The van der Waals surface area contributed by atoms with Gasteiger partial charge in [-0.05, 0) is 24.1 Å². The number of nitrogens with two attached hydrogens (primary N) is 1. The van der Waals surface area contributed by atoms with Gasteiger partial charge in [0.1, 0.15) is 18.3 Å². The number of rotatable bonds is 8. The van der Waals surface area contributed by atoms with Crippen LogP contribution in [-0.4, -0.2) is 35.2 Å². The van der Waals surface area contributed by atoms with Gasteiger partial charge in [-0.15, -0.1) is 0 Å². The van der Waals surface area contributed by atoms with Gasteiger partial charge in [0.25, 0.3) is 5.91 Å². The minimum atomic E-state index is -0.752. The van der Waals surface area contributed by atoms with E-state index in [-0.39, 0.29) is 18.2 Å². The van der Waals surface area contributed by atoms with E-state index in [1.807, 2.05) is 12.1 Å². The van der Waals surface area contributed by atoms with Crippen molar-refractivity contribution in [1.82, 2.24) is 15.5 Å². The molecule has 0 bridgehead atoms. The Morgan fingerprint density at radius 3 is 2.56 bits per heavy atom. The summed E-state index contributed by atoms with van der Waals surface area (Å²) in [5.74, 6) is 0.0186. The van der Waals surface area contributed by atoms with Crippen LogP contribution in [0.3, 0.4) is 0 Å². The van der Waals surface area contributed by atoms with Gasteiger partial charge in [0.2, 0.25) is 5.91 Å². The number of H-pyrrole nitrogens is 1. The van der Waals surface area contributed by atoms with E-state index < -0.39 is 17.9 Å². The lowest BCUT2D eigenvalue weighted by Gasteiger charge is -2.17. The zero-order valence-electron chi connectivity index (χ0n) is 14.4. The molecule has 2 rings (SSSR count). The molecular formula is C17H22N4O4. The lowest BCUT2D eigenvalue weighted by Crippen LogP contribution is -2.47. The van der Waals surface area contributed by atoms with Crippen molar-refractivity contribution in [2.45, 2.75) is 26.5 Å². The molecule has 0 aliphatic carbocycles. The van der Waals surface area contributed by atoms with Crippen LogP contribution in [0, 0.1) is 5.92 Å². The Balaban J connectivity index is 1.99. The lowest BCUT2D eigenvalue weighted by atomic mass is 10.0. The van der Waals surface area contributed by atoms with Gasteiger partial charge < -0.3 is 20.5 Å². The molecule has 0 saturated carbocycles. The Bertz CT molecular complexity index is 742. The van der Waals surface area contributed by atoms with Crippen LogP contribution < -0.4 is 20.5 Å². The molecule has 2 amide bonds. The topological polar surface area (TPSA) is 119 Å². The van der Waals surface area contributed by atoms with Crippen molar-refractivity contribution >= 4 is 11.8 Å². The molecule has 0 unspecified atom stereocenters. The van der Waals surface area contributed by atoms with Crippen LogP contribution in [-0.2, 0) is 11.4 Å². The minimum absolute atomic E-state index is 0.117. The van der Waals surface area contributed by atoms with Crippen LogP contribution in [0.5, 0.6) is 11.5 Å². The molecule has 1 aromatic carbocycles. The second-order valence-corrected chi connectivity index (χ2v) is 5.82. The van der Waals surface area contributed by atoms with Gasteiger partial charge in [-0.2, -0.15) is 5.10 Å². The third kappa shape index (κ3) is 4.72. The summed E-state index contributed by atoms with van der Waals surface area (Å²) < 4.78 is 10.9. The number of primary amides is 1. The zero-order valence-corrected chi connectivity index (χ0v) is 14.4. The van der Waals surface area contributed by atoms with Gasteiger partial charge in [-0.25, -0.2) is 0 Å². The first kappa shape index (κ1) is 18.3. The number of carbonyl (C=O) groups is 2. The van der Waals surface area contributed by atoms with E-state index in [1.54, 1.807) is 39.2 Å². The second kappa shape index (κ2) is 8.18. The standard InChI is InChI=1S/C17H22N4O4/c1-10(2)15(16(18)22)19-17(23)12-8-11(20-21-12)9-25-14-7-5-4-6-13(14)24-3/h4-8,10,15H,9H2,1-3H3,(H2,18,22)(H,19,23)(H,20,21)/t15-/m0/s1. The molecule has 25 heavy (non-hydrogen) atoms. The van der Waals surface area contributed by atoms with E-state index in [0.29, 0.717) is 17.2 Å². The Morgan fingerprint density at radius 1 is 1.28 bits per heavy atom. The number of nitrogens with one attached hydrogen (secondary N) is 2. The van der Waals surface area contributed by atoms with Crippen molar-refractivity contribution in [3.05, 3.63) is 41.7 Å². The van der Waals surface area contributed by atoms with Gasteiger partial charge in [-0.1, -0.05) is 26.0 Å². The fraction of sp³-hybridized carbons (Fsp3) is 0.353. The summed E-state index contributed by atoms with van der Waals surface area (Å²) in [6.07, 6.45) is 0. The molecule has 0 spiro atoms. The highest BCUT2D eigenvalue weighted by atomic mass is 16.5. The largest absolute Gasteiger partial charge is 0.493 e. The molecule has 8 heteroatoms. The Hall–Kier alpha value is -3.03. The van der Waals surface area contributed by atoms with Crippen LogP contribution in [0.25, 0.3) is 0 Å².